The van der Waals surface area contributed by atoms with E-state index in [2.05, 4.69) is 50.3 Å². The molecule has 0 aliphatic heterocycles. The van der Waals surface area contributed by atoms with Gasteiger partial charge in [0, 0.05) is 13.0 Å². The third kappa shape index (κ3) is 39.9. The van der Waals surface area contributed by atoms with E-state index >= 15 is 0 Å². The first-order valence-corrected chi connectivity index (χ1v) is 22.7. The number of ether oxygens (including phenoxy) is 2. The number of nitrogens with zero attached hydrogens (tertiary/aromatic N) is 1. The minimum atomic E-state index is -4.53. The molecule has 0 N–H and O–H groups in total. The summed E-state index contributed by atoms with van der Waals surface area (Å²) >= 11 is 0. The van der Waals surface area contributed by atoms with Crippen molar-refractivity contribution >= 4 is 13.8 Å². The number of carbonyl (C=O) groups is 1. The molecular weight excluding hydrogens is 673 g/mol. The number of quaternary nitrogens is 1. The smallest absolute Gasteiger partial charge is 0.306 e. The topological polar surface area (TPSA) is 94.1 Å². The number of likely N-dealkylation sites (N-methyl/N-ethyl adjacent to an activating group) is 1. The normalized spacial score (nSPS) is 14.2. The van der Waals surface area contributed by atoms with E-state index < -0.39 is 13.9 Å². The Morgan fingerprint density at radius 1 is 0.615 bits per heavy atom. The predicted molar refractivity (Wildman–Crippen MR) is 217 cm³/mol. The van der Waals surface area contributed by atoms with E-state index in [9.17, 15) is 14.3 Å². The van der Waals surface area contributed by atoms with Gasteiger partial charge in [0.2, 0.25) is 0 Å². The largest absolute Gasteiger partial charge is 0.756 e. The fourth-order valence-electron chi connectivity index (χ4n) is 5.68. The van der Waals surface area contributed by atoms with Gasteiger partial charge in [0.15, 0.2) is 0 Å². The molecule has 0 aliphatic carbocycles. The van der Waals surface area contributed by atoms with E-state index in [1.165, 1.54) is 96.3 Å². The van der Waals surface area contributed by atoms with Crippen LogP contribution in [0, 0.1) is 0 Å². The summed E-state index contributed by atoms with van der Waals surface area (Å²) in [6, 6.07) is 0. The Morgan fingerprint density at radius 3 is 1.65 bits per heavy atom. The molecule has 0 saturated carbocycles. The molecule has 0 spiro atoms. The lowest BCUT2D eigenvalue weighted by molar-refractivity contribution is -0.870. The number of allylic oxidation sites excluding steroid dienone is 6. The van der Waals surface area contributed by atoms with Crippen molar-refractivity contribution < 1.29 is 37.3 Å². The zero-order valence-corrected chi connectivity index (χ0v) is 35.4. The van der Waals surface area contributed by atoms with Crippen LogP contribution >= 0.6 is 7.82 Å². The van der Waals surface area contributed by atoms with Crippen LogP contribution in [0.15, 0.2) is 36.5 Å². The average Bonchev–Trinajstić information content (AvgIpc) is 3.09. The molecule has 0 saturated heterocycles. The molecule has 0 aromatic carbocycles. The van der Waals surface area contributed by atoms with Gasteiger partial charge in [-0.15, -0.1) is 0 Å². The van der Waals surface area contributed by atoms with Crippen molar-refractivity contribution in [3.05, 3.63) is 36.5 Å². The maximum absolute atomic E-state index is 12.6. The highest BCUT2D eigenvalue weighted by atomic mass is 31.2. The predicted octanol–water partition coefficient (Wildman–Crippen LogP) is 11.6. The number of phosphoric ester groups is 1. The Balaban J connectivity index is 4.25. The molecular formula is C43H82NO7P. The van der Waals surface area contributed by atoms with Crippen LogP contribution in [0.4, 0.5) is 0 Å². The van der Waals surface area contributed by atoms with E-state index in [0.29, 0.717) is 17.6 Å². The zero-order valence-electron chi connectivity index (χ0n) is 34.5. The molecule has 0 rings (SSSR count). The van der Waals surface area contributed by atoms with Crippen LogP contribution in [0.1, 0.15) is 174 Å². The second-order valence-corrected chi connectivity index (χ2v) is 16.7. The third-order valence-electron chi connectivity index (χ3n) is 8.96. The van der Waals surface area contributed by atoms with E-state index in [-0.39, 0.29) is 32.2 Å². The highest BCUT2D eigenvalue weighted by molar-refractivity contribution is 7.45. The Morgan fingerprint density at radius 2 is 1.12 bits per heavy atom. The number of esters is 1. The summed E-state index contributed by atoms with van der Waals surface area (Å²) in [6.07, 6.45) is 41.6. The van der Waals surface area contributed by atoms with E-state index in [1.807, 2.05) is 21.1 Å². The molecule has 0 amide bonds. The summed E-state index contributed by atoms with van der Waals surface area (Å²) in [7, 11) is 1.34. The lowest BCUT2D eigenvalue weighted by Gasteiger charge is -2.28. The Kier molecular flexibility index (Phi) is 35.8. The summed E-state index contributed by atoms with van der Waals surface area (Å²) in [6.45, 7) is 5.27. The van der Waals surface area contributed by atoms with Gasteiger partial charge < -0.3 is 27.9 Å². The van der Waals surface area contributed by atoms with Crippen LogP contribution in [-0.4, -0.2) is 70.7 Å². The van der Waals surface area contributed by atoms with Gasteiger partial charge in [-0.1, -0.05) is 159 Å². The van der Waals surface area contributed by atoms with Crippen LogP contribution in [0.5, 0.6) is 0 Å². The first-order chi connectivity index (χ1) is 25.1. The fraction of sp³-hybridized carbons (Fsp3) is 0.837. The Labute approximate surface area is 321 Å². The lowest BCUT2D eigenvalue weighted by atomic mass is 10.0. The molecule has 0 fully saturated rings. The van der Waals surface area contributed by atoms with Crippen molar-refractivity contribution in [1.29, 1.82) is 0 Å². The lowest BCUT2D eigenvalue weighted by Crippen LogP contribution is -2.37. The SMILES string of the molecule is CC/C=C\C/C=C\C/C=C\CCCCCC(=O)OC(COCCCCCCCCCCCCCCCCCCC)COP(=O)([O-])OCC[N+](C)(C)C. The second kappa shape index (κ2) is 36.7. The monoisotopic (exact) mass is 756 g/mol. The zero-order chi connectivity index (χ0) is 38.4. The van der Waals surface area contributed by atoms with Gasteiger partial charge in [-0.05, 0) is 44.9 Å². The molecule has 0 bridgehead atoms. The number of rotatable bonds is 39. The van der Waals surface area contributed by atoms with Gasteiger partial charge in [-0.3, -0.25) is 9.36 Å². The van der Waals surface area contributed by atoms with Crippen LogP contribution in [-0.2, 0) is 27.9 Å². The first kappa shape index (κ1) is 50.7. The quantitative estimate of drug-likeness (QED) is 0.0203. The van der Waals surface area contributed by atoms with Crippen molar-refractivity contribution in [3.8, 4) is 0 Å². The highest BCUT2D eigenvalue weighted by Gasteiger charge is 2.20. The second-order valence-electron chi connectivity index (χ2n) is 15.3. The molecule has 0 aliphatic rings. The Bertz CT molecular complexity index is 931. The van der Waals surface area contributed by atoms with Crippen LogP contribution < -0.4 is 4.89 Å². The summed E-state index contributed by atoms with van der Waals surface area (Å²) in [5.74, 6) is -0.362. The van der Waals surface area contributed by atoms with Crippen molar-refractivity contribution in [2.24, 2.45) is 0 Å². The van der Waals surface area contributed by atoms with E-state index in [0.717, 1.165) is 57.8 Å². The first-order valence-electron chi connectivity index (χ1n) is 21.2. The van der Waals surface area contributed by atoms with Crippen LogP contribution in [0.3, 0.4) is 0 Å². The van der Waals surface area contributed by atoms with Gasteiger partial charge in [0.25, 0.3) is 7.82 Å². The maximum atomic E-state index is 12.6. The van der Waals surface area contributed by atoms with Gasteiger partial charge in [-0.25, -0.2) is 0 Å². The van der Waals surface area contributed by atoms with Crippen LogP contribution in [0.2, 0.25) is 0 Å². The molecule has 2 unspecified atom stereocenters. The number of hydrogen-bond donors (Lipinski definition) is 0. The minimum Gasteiger partial charge on any atom is -0.756 e. The van der Waals surface area contributed by atoms with E-state index in [1.54, 1.807) is 0 Å². The van der Waals surface area contributed by atoms with Gasteiger partial charge in [0.1, 0.15) is 19.3 Å². The molecule has 0 heterocycles. The third-order valence-corrected chi connectivity index (χ3v) is 9.92. The van der Waals surface area contributed by atoms with E-state index in [4.69, 9.17) is 18.5 Å². The van der Waals surface area contributed by atoms with Crippen LogP contribution in [0.25, 0.3) is 0 Å². The summed E-state index contributed by atoms with van der Waals surface area (Å²) < 4.78 is 34.5. The van der Waals surface area contributed by atoms with Gasteiger partial charge >= 0.3 is 5.97 Å². The number of carbonyl (C=O) groups excluding carboxylic acids is 1. The number of hydrogen-bond acceptors (Lipinski definition) is 7. The Hall–Kier alpha value is -1.28. The fourth-order valence-corrected chi connectivity index (χ4v) is 6.41. The van der Waals surface area contributed by atoms with Gasteiger partial charge in [0.05, 0.1) is 34.4 Å². The van der Waals surface area contributed by atoms with Crippen molar-refractivity contribution in [2.75, 3.05) is 54.1 Å². The molecule has 306 valence electrons. The molecule has 52 heavy (non-hydrogen) atoms. The van der Waals surface area contributed by atoms with Crippen molar-refractivity contribution in [1.82, 2.24) is 0 Å². The summed E-state index contributed by atoms with van der Waals surface area (Å²) in [5.41, 5.74) is 0. The highest BCUT2D eigenvalue weighted by Crippen LogP contribution is 2.38. The number of unbranched alkanes of at least 4 members (excludes halogenated alkanes) is 19. The van der Waals surface area contributed by atoms with Crippen molar-refractivity contribution in [3.63, 3.8) is 0 Å². The summed E-state index contributed by atoms with van der Waals surface area (Å²) in [4.78, 5) is 25.0. The molecule has 2 atom stereocenters. The maximum Gasteiger partial charge on any atom is 0.306 e. The van der Waals surface area contributed by atoms with Gasteiger partial charge in [-0.2, -0.15) is 0 Å². The molecule has 9 heteroatoms. The molecule has 0 aromatic rings. The average molecular weight is 756 g/mol. The minimum absolute atomic E-state index is 0.0209. The molecule has 8 nitrogen and oxygen atoms in total. The summed E-state index contributed by atoms with van der Waals surface area (Å²) in [5, 5.41) is 0. The standard InChI is InChI=1S/C43H82NO7P/c1-6-8-10-12-14-16-18-20-21-22-23-25-27-29-31-33-35-38-48-40-42(41-50-52(46,47)49-39-37-44(3,4)5)51-43(45)36-34-32-30-28-26-24-19-17-15-13-11-9-7-2/h9,11,15,17,24,26,42H,6-8,10,12-14,16,18-23,25,27-41H2,1-5H3/b11-9-,17-15-,26-24-. The van der Waals surface area contributed by atoms with Crippen molar-refractivity contribution in [2.45, 2.75) is 180 Å². The molecule has 0 aromatic heterocycles. The number of phosphoric acid groups is 1. The molecule has 0 radical (unpaired) electrons.